The van der Waals surface area contributed by atoms with Gasteiger partial charge < -0.3 is 5.11 Å². The quantitative estimate of drug-likeness (QED) is 0.619. The van der Waals surface area contributed by atoms with Crippen molar-refractivity contribution >= 4 is 0 Å². The molecule has 2 atom stereocenters. The summed E-state index contributed by atoms with van der Waals surface area (Å²) < 4.78 is 0. The first kappa shape index (κ1) is 8.79. The lowest BCUT2D eigenvalue weighted by atomic mass is 9.84. The van der Waals surface area contributed by atoms with Crippen LogP contribution in [0.25, 0.3) is 0 Å². The normalized spacial score (nSPS) is 31.7. The Bertz CT molecular complexity index is 120. The van der Waals surface area contributed by atoms with E-state index >= 15 is 0 Å². The first-order valence-electron chi connectivity index (χ1n) is 4.62. The Balaban J connectivity index is 2.17. The van der Waals surface area contributed by atoms with Crippen LogP contribution in [0.1, 0.15) is 38.5 Å². The van der Waals surface area contributed by atoms with Crippen LogP contribution in [-0.2, 0) is 0 Å². The summed E-state index contributed by atoms with van der Waals surface area (Å²) in [6.07, 6.45) is 8.85. The zero-order valence-corrected chi connectivity index (χ0v) is 7.13. The molecule has 64 valence electrons. The van der Waals surface area contributed by atoms with Gasteiger partial charge in [0.1, 0.15) is 0 Å². The van der Waals surface area contributed by atoms with Crippen LogP contribution in [-0.4, -0.2) is 11.2 Å². The molecule has 0 heterocycles. The summed E-state index contributed by atoms with van der Waals surface area (Å²) >= 11 is 0. The smallest absolute Gasteiger partial charge is 0.0542 e. The van der Waals surface area contributed by atoms with E-state index in [0.717, 1.165) is 25.2 Å². The van der Waals surface area contributed by atoms with Gasteiger partial charge >= 0.3 is 0 Å². The second kappa shape index (κ2) is 4.55. The SMILES string of the molecule is C=CCC[C@@H]1CCC[C@@H](O)C1. The summed E-state index contributed by atoms with van der Waals surface area (Å²) in [4.78, 5) is 0. The zero-order chi connectivity index (χ0) is 8.10. The van der Waals surface area contributed by atoms with Crippen molar-refractivity contribution in [3.05, 3.63) is 12.7 Å². The van der Waals surface area contributed by atoms with Crippen molar-refractivity contribution in [3.63, 3.8) is 0 Å². The zero-order valence-electron chi connectivity index (χ0n) is 7.13. The second-order valence-electron chi connectivity index (χ2n) is 3.55. The van der Waals surface area contributed by atoms with Crippen molar-refractivity contribution < 1.29 is 5.11 Å². The van der Waals surface area contributed by atoms with Crippen LogP contribution in [0.15, 0.2) is 12.7 Å². The predicted molar refractivity (Wildman–Crippen MR) is 47.4 cm³/mol. The Morgan fingerprint density at radius 3 is 2.91 bits per heavy atom. The molecule has 0 aromatic rings. The summed E-state index contributed by atoms with van der Waals surface area (Å²) in [5.41, 5.74) is 0. The molecule has 1 heteroatoms. The average Bonchev–Trinajstić information content (AvgIpc) is 2.01. The molecular weight excluding hydrogens is 136 g/mol. The minimum atomic E-state index is -0.0152. The maximum absolute atomic E-state index is 9.35. The molecule has 1 fully saturated rings. The molecule has 1 saturated carbocycles. The van der Waals surface area contributed by atoms with Crippen LogP contribution >= 0.6 is 0 Å². The van der Waals surface area contributed by atoms with Gasteiger partial charge in [0.15, 0.2) is 0 Å². The lowest BCUT2D eigenvalue weighted by molar-refractivity contribution is 0.0986. The lowest BCUT2D eigenvalue weighted by Crippen LogP contribution is -2.19. The van der Waals surface area contributed by atoms with E-state index in [1.165, 1.54) is 19.3 Å². The van der Waals surface area contributed by atoms with Crippen LogP contribution in [0.4, 0.5) is 0 Å². The van der Waals surface area contributed by atoms with Gasteiger partial charge in [-0.3, -0.25) is 0 Å². The maximum atomic E-state index is 9.35. The van der Waals surface area contributed by atoms with E-state index in [-0.39, 0.29) is 6.10 Å². The topological polar surface area (TPSA) is 20.2 Å². The highest BCUT2D eigenvalue weighted by Crippen LogP contribution is 2.27. The monoisotopic (exact) mass is 154 g/mol. The first-order valence-corrected chi connectivity index (χ1v) is 4.62. The fourth-order valence-corrected chi connectivity index (χ4v) is 1.88. The molecule has 1 aliphatic carbocycles. The molecule has 1 rings (SSSR count). The van der Waals surface area contributed by atoms with Gasteiger partial charge in [0.25, 0.3) is 0 Å². The highest BCUT2D eigenvalue weighted by molar-refractivity contribution is 4.75. The van der Waals surface area contributed by atoms with Crippen LogP contribution in [0.2, 0.25) is 0 Å². The Morgan fingerprint density at radius 2 is 2.27 bits per heavy atom. The molecular formula is C10H18O. The van der Waals surface area contributed by atoms with Gasteiger partial charge in [0, 0.05) is 0 Å². The molecule has 0 aliphatic heterocycles. The standard InChI is InChI=1S/C10H18O/c1-2-3-5-9-6-4-7-10(11)8-9/h2,9-11H,1,3-8H2/t9-,10-/m1/s1. The highest BCUT2D eigenvalue weighted by atomic mass is 16.3. The van der Waals surface area contributed by atoms with Gasteiger partial charge in [-0.05, 0) is 31.6 Å². The minimum absolute atomic E-state index is 0.0152. The molecule has 11 heavy (non-hydrogen) atoms. The fourth-order valence-electron chi connectivity index (χ4n) is 1.88. The van der Waals surface area contributed by atoms with E-state index in [4.69, 9.17) is 0 Å². The fraction of sp³-hybridized carbons (Fsp3) is 0.800. The molecule has 1 N–H and O–H groups in total. The molecule has 1 nitrogen and oxygen atoms in total. The molecule has 0 spiro atoms. The largest absolute Gasteiger partial charge is 0.393 e. The third-order valence-corrected chi connectivity index (χ3v) is 2.53. The summed E-state index contributed by atoms with van der Waals surface area (Å²) in [6.45, 7) is 3.70. The Morgan fingerprint density at radius 1 is 1.45 bits per heavy atom. The lowest BCUT2D eigenvalue weighted by Gasteiger charge is -2.25. The Hall–Kier alpha value is -0.300. The summed E-state index contributed by atoms with van der Waals surface area (Å²) in [7, 11) is 0. The summed E-state index contributed by atoms with van der Waals surface area (Å²) in [6, 6.07) is 0. The third kappa shape index (κ3) is 3.06. The van der Waals surface area contributed by atoms with Crippen molar-refractivity contribution in [1.29, 1.82) is 0 Å². The van der Waals surface area contributed by atoms with Gasteiger partial charge in [0.05, 0.1) is 6.10 Å². The van der Waals surface area contributed by atoms with Gasteiger partial charge in [0.2, 0.25) is 0 Å². The molecule has 0 radical (unpaired) electrons. The average molecular weight is 154 g/mol. The minimum Gasteiger partial charge on any atom is -0.393 e. The molecule has 0 amide bonds. The van der Waals surface area contributed by atoms with Gasteiger partial charge in [-0.2, -0.15) is 0 Å². The van der Waals surface area contributed by atoms with Gasteiger partial charge in [-0.25, -0.2) is 0 Å². The van der Waals surface area contributed by atoms with Gasteiger partial charge in [-0.15, -0.1) is 6.58 Å². The van der Waals surface area contributed by atoms with Crippen LogP contribution in [0.5, 0.6) is 0 Å². The van der Waals surface area contributed by atoms with Crippen molar-refractivity contribution in [2.75, 3.05) is 0 Å². The number of allylic oxidation sites excluding steroid dienone is 1. The number of aliphatic hydroxyl groups is 1. The number of hydrogen-bond donors (Lipinski definition) is 1. The molecule has 0 aromatic carbocycles. The third-order valence-electron chi connectivity index (χ3n) is 2.53. The second-order valence-corrected chi connectivity index (χ2v) is 3.55. The van der Waals surface area contributed by atoms with Gasteiger partial charge in [-0.1, -0.05) is 18.9 Å². The van der Waals surface area contributed by atoms with E-state index in [2.05, 4.69) is 6.58 Å². The van der Waals surface area contributed by atoms with Crippen molar-refractivity contribution in [2.24, 2.45) is 5.92 Å². The predicted octanol–water partition coefficient (Wildman–Crippen LogP) is 2.50. The molecule has 1 aliphatic rings. The first-order chi connectivity index (χ1) is 5.33. The van der Waals surface area contributed by atoms with Crippen LogP contribution < -0.4 is 0 Å². The van der Waals surface area contributed by atoms with E-state index < -0.39 is 0 Å². The number of rotatable bonds is 3. The molecule has 0 saturated heterocycles. The van der Waals surface area contributed by atoms with Crippen molar-refractivity contribution in [3.8, 4) is 0 Å². The highest BCUT2D eigenvalue weighted by Gasteiger charge is 2.18. The van der Waals surface area contributed by atoms with Crippen molar-refractivity contribution in [1.82, 2.24) is 0 Å². The maximum Gasteiger partial charge on any atom is 0.0542 e. The molecule has 0 unspecified atom stereocenters. The van der Waals surface area contributed by atoms with E-state index in [9.17, 15) is 5.11 Å². The van der Waals surface area contributed by atoms with E-state index in [1.54, 1.807) is 0 Å². The Labute approximate surface area is 69.1 Å². The van der Waals surface area contributed by atoms with Crippen molar-refractivity contribution in [2.45, 2.75) is 44.6 Å². The molecule has 0 bridgehead atoms. The van der Waals surface area contributed by atoms with Crippen LogP contribution in [0.3, 0.4) is 0 Å². The summed E-state index contributed by atoms with van der Waals surface area (Å²) in [5.74, 6) is 0.761. The Kier molecular flexibility index (Phi) is 3.64. The molecule has 0 aromatic heterocycles. The van der Waals surface area contributed by atoms with E-state index in [0.29, 0.717) is 0 Å². The van der Waals surface area contributed by atoms with Crippen LogP contribution in [0, 0.1) is 5.92 Å². The summed E-state index contributed by atoms with van der Waals surface area (Å²) in [5, 5.41) is 9.35. The number of aliphatic hydroxyl groups excluding tert-OH is 1. The number of hydrogen-bond acceptors (Lipinski definition) is 1. The van der Waals surface area contributed by atoms with E-state index in [1.807, 2.05) is 6.08 Å².